The number of nitrogens with zero attached hydrogens (tertiary/aromatic N) is 4. The summed E-state index contributed by atoms with van der Waals surface area (Å²) in [6.45, 7) is 1.90. The van der Waals surface area contributed by atoms with Gasteiger partial charge in [-0.3, -0.25) is 9.36 Å². The molecule has 0 spiro atoms. The number of carbonyl (C=O) groups excluding carboxylic acids is 1. The molecule has 4 aromatic rings. The molecule has 140 valence electrons. The minimum Gasteiger partial charge on any atom is -0.301 e. The Morgan fingerprint density at radius 1 is 1.07 bits per heavy atom. The SMILES string of the molecule is Cc1csc(NC(=O)CSc2nnc(-c3ccccc3)n2-c2ccccc2)n1. The minimum absolute atomic E-state index is 0.122. The Kier molecular flexibility index (Phi) is 5.50. The predicted molar refractivity (Wildman–Crippen MR) is 113 cm³/mol. The summed E-state index contributed by atoms with van der Waals surface area (Å²) >= 11 is 2.76. The van der Waals surface area contributed by atoms with Crippen molar-refractivity contribution in [3.8, 4) is 17.1 Å². The molecule has 1 amide bonds. The molecule has 0 unspecified atom stereocenters. The molecule has 0 atom stereocenters. The van der Waals surface area contributed by atoms with Gasteiger partial charge in [0.1, 0.15) is 0 Å². The van der Waals surface area contributed by atoms with E-state index in [1.165, 1.54) is 23.1 Å². The predicted octanol–water partition coefficient (Wildman–Crippen LogP) is 4.43. The number of para-hydroxylation sites is 1. The molecule has 0 saturated carbocycles. The zero-order chi connectivity index (χ0) is 19.3. The van der Waals surface area contributed by atoms with Crippen LogP contribution in [0.3, 0.4) is 0 Å². The number of aromatic nitrogens is 4. The molecule has 0 aliphatic heterocycles. The molecular formula is C20H17N5OS2. The lowest BCUT2D eigenvalue weighted by Gasteiger charge is -2.10. The van der Waals surface area contributed by atoms with Gasteiger partial charge in [-0.2, -0.15) is 0 Å². The van der Waals surface area contributed by atoms with Crippen molar-refractivity contribution in [3.63, 3.8) is 0 Å². The van der Waals surface area contributed by atoms with Gasteiger partial charge >= 0.3 is 0 Å². The van der Waals surface area contributed by atoms with Crippen LogP contribution in [0.1, 0.15) is 5.69 Å². The second kappa shape index (κ2) is 8.37. The van der Waals surface area contributed by atoms with E-state index in [4.69, 9.17) is 0 Å². The summed E-state index contributed by atoms with van der Waals surface area (Å²) in [5, 5.41) is 14.7. The number of aryl methyl sites for hydroxylation is 1. The van der Waals surface area contributed by atoms with E-state index in [0.29, 0.717) is 10.3 Å². The first kappa shape index (κ1) is 18.4. The minimum atomic E-state index is -0.122. The maximum absolute atomic E-state index is 12.3. The molecule has 0 saturated heterocycles. The van der Waals surface area contributed by atoms with Gasteiger partial charge in [0.15, 0.2) is 16.1 Å². The number of amides is 1. The van der Waals surface area contributed by atoms with Crippen LogP contribution in [0.2, 0.25) is 0 Å². The van der Waals surface area contributed by atoms with E-state index in [-0.39, 0.29) is 11.7 Å². The van der Waals surface area contributed by atoms with E-state index >= 15 is 0 Å². The summed E-state index contributed by atoms with van der Waals surface area (Å²) in [6, 6.07) is 19.8. The highest BCUT2D eigenvalue weighted by molar-refractivity contribution is 7.99. The molecule has 0 fully saturated rings. The monoisotopic (exact) mass is 407 g/mol. The van der Waals surface area contributed by atoms with Crippen molar-refractivity contribution in [1.29, 1.82) is 0 Å². The maximum atomic E-state index is 12.3. The summed E-state index contributed by atoms with van der Waals surface area (Å²) in [5.41, 5.74) is 2.81. The van der Waals surface area contributed by atoms with Crippen molar-refractivity contribution in [2.45, 2.75) is 12.1 Å². The second-order valence-electron chi connectivity index (χ2n) is 5.97. The third-order valence-corrected chi connectivity index (χ3v) is 5.68. The van der Waals surface area contributed by atoms with Crippen molar-refractivity contribution in [2.24, 2.45) is 0 Å². The number of rotatable bonds is 6. The number of anilines is 1. The Morgan fingerprint density at radius 2 is 1.79 bits per heavy atom. The molecule has 1 N–H and O–H groups in total. The lowest BCUT2D eigenvalue weighted by atomic mass is 10.2. The Morgan fingerprint density at radius 3 is 2.46 bits per heavy atom. The number of hydrogen-bond acceptors (Lipinski definition) is 6. The van der Waals surface area contributed by atoms with E-state index in [1.807, 2.05) is 77.5 Å². The first-order valence-electron chi connectivity index (χ1n) is 8.62. The number of carbonyl (C=O) groups is 1. The Labute approximate surface area is 170 Å². The fourth-order valence-corrected chi connectivity index (χ4v) is 4.10. The van der Waals surface area contributed by atoms with Gasteiger partial charge < -0.3 is 5.32 Å². The van der Waals surface area contributed by atoms with Crippen LogP contribution in [0, 0.1) is 6.92 Å². The van der Waals surface area contributed by atoms with Crippen molar-refractivity contribution < 1.29 is 4.79 Å². The van der Waals surface area contributed by atoms with E-state index in [0.717, 1.165) is 22.8 Å². The lowest BCUT2D eigenvalue weighted by Crippen LogP contribution is -2.14. The average molecular weight is 408 g/mol. The summed E-state index contributed by atoms with van der Waals surface area (Å²) in [4.78, 5) is 16.6. The lowest BCUT2D eigenvalue weighted by molar-refractivity contribution is -0.113. The molecule has 0 radical (unpaired) electrons. The highest BCUT2D eigenvalue weighted by Gasteiger charge is 2.17. The topological polar surface area (TPSA) is 72.7 Å². The summed E-state index contributed by atoms with van der Waals surface area (Å²) in [5.74, 6) is 0.840. The van der Waals surface area contributed by atoms with E-state index in [1.54, 1.807) is 0 Å². The number of thioether (sulfide) groups is 1. The van der Waals surface area contributed by atoms with Crippen molar-refractivity contribution in [2.75, 3.05) is 11.1 Å². The number of benzene rings is 2. The van der Waals surface area contributed by atoms with Crippen LogP contribution in [0.15, 0.2) is 71.2 Å². The molecule has 0 aliphatic carbocycles. The van der Waals surface area contributed by atoms with Crippen LogP contribution in [-0.4, -0.2) is 31.4 Å². The first-order valence-corrected chi connectivity index (χ1v) is 10.5. The third kappa shape index (κ3) is 4.13. The standard InChI is InChI=1S/C20H17N5OS2/c1-14-12-27-19(21-14)22-17(26)13-28-20-24-23-18(15-8-4-2-5-9-15)25(20)16-10-6-3-7-11-16/h2-12H,13H2,1H3,(H,21,22,26). The molecule has 8 heteroatoms. The molecule has 0 aliphatic rings. The molecule has 2 aromatic heterocycles. The number of thiazole rings is 1. The molecule has 2 aromatic carbocycles. The highest BCUT2D eigenvalue weighted by Crippen LogP contribution is 2.28. The van der Waals surface area contributed by atoms with Gasteiger partial charge in [0, 0.05) is 16.6 Å². The zero-order valence-electron chi connectivity index (χ0n) is 15.1. The van der Waals surface area contributed by atoms with Crippen molar-refractivity contribution in [3.05, 3.63) is 71.7 Å². The van der Waals surface area contributed by atoms with Gasteiger partial charge in [0.05, 0.1) is 11.4 Å². The van der Waals surface area contributed by atoms with Gasteiger partial charge in [0.25, 0.3) is 0 Å². The van der Waals surface area contributed by atoms with Crippen LogP contribution < -0.4 is 5.32 Å². The molecular weight excluding hydrogens is 390 g/mol. The van der Waals surface area contributed by atoms with Gasteiger partial charge in [-0.1, -0.05) is 60.3 Å². The molecule has 0 bridgehead atoms. The van der Waals surface area contributed by atoms with Gasteiger partial charge in [0.2, 0.25) is 5.91 Å². The van der Waals surface area contributed by atoms with Gasteiger partial charge in [-0.15, -0.1) is 21.5 Å². The number of hydrogen-bond donors (Lipinski definition) is 1. The Bertz CT molecular complexity index is 1080. The summed E-state index contributed by atoms with van der Waals surface area (Å²) in [6.07, 6.45) is 0. The van der Waals surface area contributed by atoms with Crippen LogP contribution >= 0.6 is 23.1 Å². The average Bonchev–Trinajstić information content (AvgIpc) is 3.33. The quantitative estimate of drug-likeness (QED) is 0.479. The highest BCUT2D eigenvalue weighted by atomic mass is 32.2. The van der Waals surface area contributed by atoms with Crippen molar-refractivity contribution in [1.82, 2.24) is 19.7 Å². The molecule has 2 heterocycles. The van der Waals surface area contributed by atoms with E-state index < -0.39 is 0 Å². The first-order chi connectivity index (χ1) is 13.7. The van der Waals surface area contributed by atoms with Crippen LogP contribution in [0.25, 0.3) is 17.1 Å². The zero-order valence-corrected chi connectivity index (χ0v) is 16.7. The molecule has 6 nitrogen and oxygen atoms in total. The number of nitrogens with one attached hydrogen (secondary N) is 1. The molecule has 4 rings (SSSR count). The second-order valence-corrected chi connectivity index (χ2v) is 7.77. The maximum Gasteiger partial charge on any atom is 0.236 e. The Hall–Kier alpha value is -2.97. The smallest absolute Gasteiger partial charge is 0.236 e. The summed E-state index contributed by atoms with van der Waals surface area (Å²) < 4.78 is 1.97. The normalized spacial score (nSPS) is 10.8. The largest absolute Gasteiger partial charge is 0.301 e. The fraction of sp³-hybridized carbons (Fsp3) is 0.100. The molecule has 28 heavy (non-hydrogen) atoms. The van der Waals surface area contributed by atoms with Gasteiger partial charge in [-0.05, 0) is 19.1 Å². The van der Waals surface area contributed by atoms with Crippen LogP contribution in [0.5, 0.6) is 0 Å². The van der Waals surface area contributed by atoms with Crippen LogP contribution in [-0.2, 0) is 4.79 Å². The fourth-order valence-electron chi connectivity index (χ4n) is 2.64. The Balaban J connectivity index is 1.58. The summed E-state index contributed by atoms with van der Waals surface area (Å²) in [7, 11) is 0. The van der Waals surface area contributed by atoms with E-state index in [2.05, 4.69) is 20.5 Å². The van der Waals surface area contributed by atoms with Crippen molar-refractivity contribution >= 4 is 34.1 Å². The van der Waals surface area contributed by atoms with Crippen LogP contribution in [0.4, 0.5) is 5.13 Å². The van der Waals surface area contributed by atoms with E-state index in [9.17, 15) is 4.79 Å². The third-order valence-electron chi connectivity index (χ3n) is 3.88. The van der Waals surface area contributed by atoms with Gasteiger partial charge in [-0.25, -0.2) is 4.98 Å².